The number of rotatable bonds is 2. The number of hydrogen-bond donors (Lipinski definition) is 0. The summed E-state index contributed by atoms with van der Waals surface area (Å²) in [5, 5.41) is 0. The summed E-state index contributed by atoms with van der Waals surface area (Å²) in [4.78, 5) is 0. The Kier molecular flexibility index (Phi) is 10.3. The van der Waals surface area contributed by atoms with Crippen LogP contribution in [0.1, 0.15) is 34.6 Å². The molecule has 0 bridgehead atoms. The van der Waals surface area contributed by atoms with E-state index in [0.717, 1.165) is 0 Å². The predicted molar refractivity (Wildman–Crippen MR) is 54.8 cm³/mol. The van der Waals surface area contributed by atoms with Gasteiger partial charge in [0.1, 0.15) is 5.83 Å². The molecule has 0 unspecified atom stereocenters. The average molecular weight is 188 g/mol. The zero-order valence-electron chi connectivity index (χ0n) is 8.99. The van der Waals surface area contributed by atoms with E-state index in [2.05, 4.69) is 0 Å². The quantitative estimate of drug-likeness (QED) is 0.551. The van der Waals surface area contributed by atoms with Gasteiger partial charge in [-0.15, -0.1) is 0 Å². The van der Waals surface area contributed by atoms with Gasteiger partial charge in [-0.25, -0.2) is 8.78 Å². The van der Waals surface area contributed by atoms with Gasteiger partial charge >= 0.3 is 0 Å². The van der Waals surface area contributed by atoms with Crippen LogP contribution in [0.2, 0.25) is 0 Å². The van der Waals surface area contributed by atoms with Crippen LogP contribution >= 0.6 is 0 Å². The Labute approximate surface area is 79.7 Å². The predicted octanol–water partition coefficient (Wildman–Crippen LogP) is 4.71. The Morgan fingerprint density at radius 1 is 1.00 bits per heavy atom. The van der Waals surface area contributed by atoms with Crippen LogP contribution in [-0.2, 0) is 0 Å². The summed E-state index contributed by atoms with van der Waals surface area (Å²) < 4.78 is 24.6. The lowest BCUT2D eigenvalue weighted by Crippen LogP contribution is -1.70. The van der Waals surface area contributed by atoms with Crippen LogP contribution in [0.3, 0.4) is 0 Å². The van der Waals surface area contributed by atoms with E-state index < -0.39 is 0 Å². The fourth-order valence-corrected chi connectivity index (χ4v) is 0.432. The van der Waals surface area contributed by atoms with Crippen molar-refractivity contribution in [1.82, 2.24) is 0 Å². The molecule has 0 aromatic carbocycles. The Bertz CT molecular complexity index is 202. The molecule has 0 N–H and O–H groups in total. The summed E-state index contributed by atoms with van der Waals surface area (Å²) in [5.41, 5.74) is 0.589. The van der Waals surface area contributed by atoms with Gasteiger partial charge in [0.2, 0.25) is 0 Å². The summed E-state index contributed by atoms with van der Waals surface area (Å²) >= 11 is 0. The minimum Gasteiger partial charge on any atom is -0.212 e. The first-order valence-electron chi connectivity index (χ1n) is 4.37. The highest BCUT2D eigenvalue weighted by Crippen LogP contribution is 2.06. The van der Waals surface area contributed by atoms with Crippen molar-refractivity contribution in [3.05, 3.63) is 35.5 Å². The minimum absolute atomic E-state index is 0.317. The molecule has 13 heavy (non-hydrogen) atoms. The molecule has 0 aliphatic heterocycles. The lowest BCUT2D eigenvalue weighted by atomic mass is 10.3. The molecule has 0 aromatic heterocycles. The fraction of sp³-hybridized carbons (Fsp3) is 0.455. The lowest BCUT2D eigenvalue weighted by molar-refractivity contribution is 0.640. The maximum absolute atomic E-state index is 12.6. The summed E-state index contributed by atoms with van der Waals surface area (Å²) in [6.07, 6.45) is 3.79. The molecular weight excluding hydrogens is 170 g/mol. The highest BCUT2D eigenvalue weighted by atomic mass is 19.1. The van der Waals surface area contributed by atoms with Crippen molar-refractivity contribution in [2.75, 3.05) is 0 Å². The van der Waals surface area contributed by atoms with E-state index in [1.807, 2.05) is 13.8 Å². The van der Waals surface area contributed by atoms with Crippen LogP contribution < -0.4 is 0 Å². The van der Waals surface area contributed by atoms with Gasteiger partial charge in [0.25, 0.3) is 0 Å². The van der Waals surface area contributed by atoms with Crippen LogP contribution in [0.4, 0.5) is 8.78 Å². The second-order valence-corrected chi connectivity index (χ2v) is 2.46. The topological polar surface area (TPSA) is 0 Å². The fourth-order valence-electron chi connectivity index (χ4n) is 0.432. The number of halogens is 2. The Balaban J connectivity index is 0. The monoisotopic (exact) mass is 188 g/mol. The standard InChI is InChI=1S/C9H12F2.C2H6/c1-7(2)9(11)6-4-5-8(3)10;1-2/h4-6H,1-3H3;1-2H3/b6-4-,8-5+;. The normalized spacial score (nSPS) is 10.8. The van der Waals surface area contributed by atoms with Crippen LogP contribution in [0.25, 0.3) is 0 Å². The van der Waals surface area contributed by atoms with E-state index in [9.17, 15) is 8.78 Å². The third-order valence-electron chi connectivity index (χ3n) is 1.05. The first kappa shape index (κ1) is 14.6. The maximum atomic E-state index is 12.6. The molecule has 0 aromatic rings. The van der Waals surface area contributed by atoms with Gasteiger partial charge in [-0.2, -0.15) is 0 Å². The molecule has 0 aliphatic carbocycles. The molecule has 0 nitrogen and oxygen atoms in total. The van der Waals surface area contributed by atoms with E-state index in [1.54, 1.807) is 13.8 Å². The second-order valence-electron chi connectivity index (χ2n) is 2.46. The highest BCUT2D eigenvalue weighted by molar-refractivity contribution is 5.20. The molecule has 0 amide bonds. The highest BCUT2D eigenvalue weighted by Gasteiger charge is 1.88. The Hall–Kier alpha value is -0.920. The molecule has 0 heterocycles. The van der Waals surface area contributed by atoms with Crippen LogP contribution in [0.15, 0.2) is 35.5 Å². The van der Waals surface area contributed by atoms with Crippen molar-refractivity contribution in [2.24, 2.45) is 0 Å². The summed E-state index contributed by atoms with van der Waals surface area (Å²) in [6.45, 7) is 8.63. The van der Waals surface area contributed by atoms with Crippen molar-refractivity contribution in [2.45, 2.75) is 34.6 Å². The van der Waals surface area contributed by atoms with E-state index in [1.165, 1.54) is 25.2 Å². The van der Waals surface area contributed by atoms with Crippen molar-refractivity contribution in [1.29, 1.82) is 0 Å². The zero-order valence-corrected chi connectivity index (χ0v) is 8.99. The summed E-state index contributed by atoms with van der Waals surface area (Å²) in [7, 11) is 0. The molecule has 0 fully saturated rings. The summed E-state index contributed by atoms with van der Waals surface area (Å²) in [6, 6.07) is 0. The van der Waals surface area contributed by atoms with Gasteiger partial charge in [-0.1, -0.05) is 19.9 Å². The molecule has 0 aliphatic rings. The SMILES string of the molecule is CC.CC(C)=C(F)/C=C\C=C(/C)F. The third kappa shape index (κ3) is 11.1. The van der Waals surface area contributed by atoms with Crippen LogP contribution in [-0.4, -0.2) is 0 Å². The molecule has 0 rings (SSSR count). The largest absolute Gasteiger partial charge is 0.212 e. The van der Waals surface area contributed by atoms with Gasteiger partial charge in [-0.3, -0.25) is 0 Å². The van der Waals surface area contributed by atoms with Crippen molar-refractivity contribution in [3.63, 3.8) is 0 Å². The number of hydrogen-bond acceptors (Lipinski definition) is 0. The van der Waals surface area contributed by atoms with Crippen LogP contribution in [0, 0.1) is 0 Å². The first-order valence-corrected chi connectivity index (χ1v) is 4.37. The molecule has 2 heteroatoms. The Morgan fingerprint density at radius 3 is 1.77 bits per heavy atom. The van der Waals surface area contributed by atoms with E-state index in [0.29, 0.717) is 5.57 Å². The first-order chi connectivity index (χ1) is 6.04. The van der Waals surface area contributed by atoms with Gasteiger partial charge in [0.15, 0.2) is 0 Å². The third-order valence-corrected chi connectivity index (χ3v) is 1.05. The molecule has 0 saturated carbocycles. The molecule has 0 radical (unpaired) electrons. The van der Waals surface area contributed by atoms with E-state index >= 15 is 0 Å². The van der Waals surface area contributed by atoms with Gasteiger partial charge in [0.05, 0.1) is 5.83 Å². The smallest absolute Gasteiger partial charge is 0.121 e. The molecule has 0 atom stereocenters. The molecule has 0 saturated heterocycles. The van der Waals surface area contributed by atoms with E-state index in [-0.39, 0.29) is 11.7 Å². The zero-order chi connectivity index (χ0) is 10.9. The van der Waals surface area contributed by atoms with E-state index in [4.69, 9.17) is 0 Å². The van der Waals surface area contributed by atoms with Crippen molar-refractivity contribution < 1.29 is 8.78 Å². The second kappa shape index (κ2) is 9.17. The number of allylic oxidation sites excluding steroid dienone is 6. The maximum Gasteiger partial charge on any atom is 0.121 e. The lowest BCUT2D eigenvalue weighted by Gasteiger charge is -1.88. The Morgan fingerprint density at radius 2 is 1.46 bits per heavy atom. The van der Waals surface area contributed by atoms with Gasteiger partial charge in [0, 0.05) is 0 Å². The molecule has 76 valence electrons. The molecular formula is C11H18F2. The average Bonchev–Trinajstić information content (AvgIpc) is 2.07. The van der Waals surface area contributed by atoms with Crippen LogP contribution in [0.5, 0.6) is 0 Å². The van der Waals surface area contributed by atoms with Gasteiger partial charge in [-0.05, 0) is 38.5 Å². The summed E-state index contributed by atoms with van der Waals surface area (Å²) in [5.74, 6) is -0.648. The minimum atomic E-state index is -0.331. The van der Waals surface area contributed by atoms with Crippen molar-refractivity contribution >= 4 is 0 Å². The van der Waals surface area contributed by atoms with Crippen molar-refractivity contribution in [3.8, 4) is 0 Å². The van der Waals surface area contributed by atoms with Gasteiger partial charge < -0.3 is 0 Å². The molecule has 0 spiro atoms.